The van der Waals surface area contributed by atoms with E-state index in [1.165, 1.54) is 0 Å². The Bertz CT molecular complexity index is 1650. The number of rotatable bonds is 4. The Morgan fingerprint density at radius 3 is 2.73 bits per heavy atom. The summed E-state index contributed by atoms with van der Waals surface area (Å²) in [7, 11) is 6.22. The molecule has 45 heavy (non-hydrogen) atoms. The van der Waals surface area contributed by atoms with Gasteiger partial charge in [0.15, 0.2) is 19.1 Å². The van der Waals surface area contributed by atoms with Crippen molar-refractivity contribution < 1.29 is 23.4 Å². The molecule has 1 saturated heterocycles. The van der Waals surface area contributed by atoms with Gasteiger partial charge >= 0.3 is 11.9 Å². The highest BCUT2D eigenvalue weighted by molar-refractivity contribution is 14.0. The number of nitrogens with zero attached hydrogens (tertiary/aromatic N) is 6. The molecule has 0 aliphatic carbocycles. The number of fused-ring (bicyclic) bond motifs is 2. The fourth-order valence-corrected chi connectivity index (χ4v) is 6.42. The number of para-hydroxylation sites is 2. The summed E-state index contributed by atoms with van der Waals surface area (Å²) in [4.78, 5) is 44.1. The molecular weight excluding hydrogens is 683 g/mol. The van der Waals surface area contributed by atoms with Crippen molar-refractivity contribution in [3.05, 3.63) is 70.9 Å². The third-order valence-corrected chi connectivity index (χ3v) is 9.10. The van der Waals surface area contributed by atoms with Gasteiger partial charge in [0, 0.05) is 31.3 Å². The zero-order valence-electron chi connectivity index (χ0n) is 26.5. The van der Waals surface area contributed by atoms with Crippen LogP contribution in [0.5, 0.6) is 0 Å². The lowest BCUT2D eigenvalue weighted by Crippen LogP contribution is -2.49. The summed E-state index contributed by atoms with van der Waals surface area (Å²) in [6.07, 6.45) is 6.23. The molecule has 4 heterocycles. The lowest BCUT2D eigenvalue weighted by molar-refractivity contribution is -0.880. The number of carbonyl (C=O) groups excluding carboxylic acids is 3. The standard InChI is InChI=1S/C33H41N8O3.HI/c1-23-19-24(31(42)40-22-26-21-35-37(2)30(26)36-27-9-5-6-10-28(27)40)12-13-25(23)20-34-33(44)39-15-7-11-29(39)32(43)38-14-8-17-41(3,4)18-16-38;/h5-6,9-10,12-13,16,19,21,29H,7-8,11,14-15,17-18,20,22H2,1-4H3,(H-,34,35,36,44);1H/q+1;/p+1/t29-;/m1./s1. The molecule has 12 heteroatoms. The number of aryl methyl sites for hydroxylation is 2. The summed E-state index contributed by atoms with van der Waals surface area (Å²) < 4.78 is 4.47. The Kier molecular flexibility index (Phi) is 9.63. The van der Waals surface area contributed by atoms with Crippen LogP contribution in [0.1, 0.15) is 46.3 Å². The molecule has 238 valence electrons. The van der Waals surface area contributed by atoms with Crippen molar-refractivity contribution in [2.24, 2.45) is 7.05 Å². The predicted octanol–water partition coefficient (Wildman–Crippen LogP) is 4.01. The number of quaternary nitrogens is 1. The first-order valence-corrected chi connectivity index (χ1v) is 15.4. The zero-order chi connectivity index (χ0) is 31.0. The smallest absolute Gasteiger partial charge is 0.338 e. The molecular formula is C33H43IN8O3+2. The maximum absolute atomic E-state index is 13.9. The summed E-state index contributed by atoms with van der Waals surface area (Å²) in [6, 6.07) is 12.7. The Labute approximate surface area is 281 Å². The van der Waals surface area contributed by atoms with E-state index >= 15 is 0 Å². The summed E-state index contributed by atoms with van der Waals surface area (Å²) in [6.45, 7) is 5.74. The molecule has 4 amide bonds. The maximum Gasteiger partial charge on any atom is 0.409 e. The van der Waals surface area contributed by atoms with Gasteiger partial charge in [0.05, 0.1) is 51.2 Å². The molecule has 6 rings (SSSR count). The summed E-state index contributed by atoms with van der Waals surface area (Å²) in [5.74, 6) is 0.771. The van der Waals surface area contributed by atoms with Crippen LogP contribution in [0.4, 0.5) is 22.0 Å². The molecule has 1 atom stereocenters. The average Bonchev–Trinajstić information content (AvgIpc) is 3.53. The largest absolute Gasteiger partial charge is 0.409 e. The Morgan fingerprint density at radius 2 is 1.93 bits per heavy atom. The summed E-state index contributed by atoms with van der Waals surface area (Å²) in [5.41, 5.74) is 4.98. The van der Waals surface area contributed by atoms with Gasteiger partial charge in [-0.15, -0.1) is 24.0 Å². The lowest BCUT2D eigenvalue weighted by atomic mass is 10.0. The van der Waals surface area contributed by atoms with Crippen LogP contribution in [0.25, 0.3) is 0 Å². The number of halogens is 1. The first kappa shape index (κ1) is 32.6. The monoisotopic (exact) mass is 726 g/mol. The van der Waals surface area contributed by atoms with E-state index in [1.54, 1.807) is 20.7 Å². The van der Waals surface area contributed by atoms with Gasteiger partial charge in [0.1, 0.15) is 5.82 Å². The minimum atomic E-state index is -0.438. The molecule has 0 unspecified atom stereocenters. The van der Waals surface area contributed by atoms with Crippen molar-refractivity contribution in [2.45, 2.75) is 45.3 Å². The maximum atomic E-state index is 13.9. The third kappa shape index (κ3) is 6.76. The number of nitrogens with one attached hydrogen (secondary N) is 2. The fourth-order valence-electron chi connectivity index (χ4n) is 6.42. The highest BCUT2D eigenvalue weighted by Crippen LogP contribution is 2.36. The second-order valence-corrected chi connectivity index (χ2v) is 12.7. The number of carbonyl (C=O) groups is 3. The summed E-state index contributed by atoms with van der Waals surface area (Å²) in [5, 5.41) is 10.8. The van der Waals surface area contributed by atoms with Crippen LogP contribution in [0.3, 0.4) is 0 Å². The number of benzene rings is 2. The number of hydrogen-bond acceptors (Lipinski definition) is 5. The van der Waals surface area contributed by atoms with Crippen LogP contribution >= 0.6 is 24.0 Å². The molecule has 3 aliphatic rings. The van der Waals surface area contributed by atoms with Gasteiger partial charge in [0.25, 0.3) is 5.91 Å². The van der Waals surface area contributed by atoms with Gasteiger partial charge in [-0.1, -0.05) is 18.2 Å². The number of aromatic nitrogens is 2. The zero-order valence-corrected chi connectivity index (χ0v) is 28.8. The van der Waals surface area contributed by atoms with E-state index in [4.69, 9.17) is 0 Å². The lowest BCUT2D eigenvalue weighted by Gasteiger charge is -2.24. The van der Waals surface area contributed by atoms with Gasteiger partial charge < -0.3 is 24.9 Å². The second kappa shape index (κ2) is 13.3. The van der Waals surface area contributed by atoms with Crippen molar-refractivity contribution in [1.82, 2.24) is 20.0 Å². The molecule has 1 aromatic heterocycles. The quantitative estimate of drug-likeness (QED) is 0.241. The average molecular weight is 727 g/mol. The van der Waals surface area contributed by atoms with Crippen molar-refractivity contribution in [1.29, 1.82) is 0 Å². The first-order valence-electron chi connectivity index (χ1n) is 15.4. The van der Waals surface area contributed by atoms with E-state index in [0.29, 0.717) is 38.2 Å². The van der Waals surface area contributed by atoms with Gasteiger partial charge in [-0.3, -0.25) is 9.48 Å². The Morgan fingerprint density at radius 1 is 1.13 bits per heavy atom. The second-order valence-electron chi connectivity index (χ2n) is 12.7. The number of amides is 4. The molecule has 1 fully saturated rings. The number of anilines is 3. The van der Waals surface area contributed by atoms with Gasteiger partial charge in [-0.25, -0.2) is 9.59 Å². The third-order valence-electron chi connectivity index (χ3n) is 9.10. The molecule has 3 aliphatic heterocycles. The first-order chi connectivity index (χ1) is 21.1. The molecule has 0 saturated carbocycles. The van der Waals surface area contributed by atoms with Crippen LogP contribution in [0.2, 0.25) is 0 Å². The van der Waals surface area contributed by atoms with Crippen LogP contribution in [-0.2, 0) is 24.9 Å². The van der Waals surface area contributed by atoms with Crippen molar-refractivity contribution in [3.63, 3.8) is 0 Å². The Balaban J connectivity index is 0.00000400. The van der Waals surface area contributed by atoms with E-state index in [0.717, 1.165) is 64.3 Å². The molecule has 2 aromatic carbocycles. The highest BCUT2D eigenvalue weighted by Gasteiger charge is 2.41. The van der Waals surface area contributed by atoms with Gasteiger partial charge in [-0.05, 0) is 55.2 Å². The number of hydrogen-bond donors (Lipinski definition) is 2. The molecule has 0 bridgehead atoms. The highest BCUT2D eigenvalue weighted by atomic mass is 127. The number of urea groups is 1. The molecule has 0 spiro atoms. The minimum absolute atomic E-state index is 0. The van der Waals surface area contributed by atoms with Crippen LogP contribution in [0, 0.1) is 6.92 Å². The number of likely N-dealkylation sites (tertiary alicyclic amines) is 1. The predicted molar refractivity (Wildman–Crippen MR) is 185 cm³/mol. The van der Waals surface area contributed by atoms with Gasteiger partial charge in [-0.2, -0.15) is 9.67 Å². The van der Waals surface area contributed by atoms with Gasteiger partial charge in [0.2, 0.25) is 6.21 Å². The van der Waals surface area contributed by atoms with Crippen LogP contribution in [-0.4, -0.2) is 94.1 Å². The molecule has 0 radical (unpaired) electrons. The fraction of sp³-hybridized carbons (Fsp3) is 0.424. The molecule has 2 N–H and O–H groups in total. The van der Waals surface area contributed by atoms with Crippen LogP contribution < -0.4 is 15.5 Å². The van der Waals surface area contributed by atoms with E-state index in [-0.39, 0.29) is 41.8 Å². The van der Waals surface area contributed by atoms with Crippen molar-refractivity contribution in [3.8, 4) is 0 Å². The molecule has 11 nitrogen and oxygen atoms in total. The topological polar surface area (TPSA) is 103 Å². The molecule has 3 aromatic rings. The van der Waals surface area contributed by atoms with E-state index in [1.807, 2.05) is 67.2 Å². The normalized spacial score (nSPS) is 18.8. The van der Waals surface area contributed by atoms with E-state index < -0.39 is 6.04 Å². The SMILES string of the molecule is Cc1cc(C(=O)N2Cc3cnn(C)c3Nc3ccccc32)ccc1CNC(=O)N1CCC[C@@H]1C(=O)[N+]1=CC[N+](C)(C)CCC1.I. The van der Waals surface area contributed by atoms with Crippen molar-refractivity contribution in [2.75, 3.05) is 50.5 Å². The summed E-state index contributed by atoms with van der Waals surface area (Å²) >= 11 is 0. The van der Waals surface area contributed by atoms with E-state index in [2.05, 4.69) is 29.8 Å². The van der Waals surface area contributed by atoms with Crippen LogP contribution in [0.15, 0.2) is 48.7 Å². The van der Waals surface area contributed by atoms with E-state index in [9.17, 15) is 14.4 Å². The van der Waals surface area contributed by atoms with Crippen molar-refractivity contribution >= 4 is 65.2 Å². The minimum Gasteiger partial charge on any atom is -0.338 e. The Hall–Kier alpha value is -3.78.